The van der Waals surface area contributed by atoms with Gasteiger partial charge in [0.2, 0.25) is 0 Å². The number of phenols is 3. The zero-order valence-corrected chi connectivity index (χ0v) is 32.6. The van der Waals surface area contributed by atoms with E-state index in [0.29, 0.717) is 0 Å². The number of ether oxygens (including phenoxy) is 5. The minimum Gasteiger partial charge on any atom is -0.507 e. The average molecular weight is 858 g/mol. The largest absolute Gasteiger partial charge is 0.507 e. The van der Waals surface area contributed by atoms with Gasteiger partial charge in [0.05, 0.1) is 42.6 Å². The highest BCUT2D eigenvalue weighted by atomic mass is 16.7. The zero-order chi connectivity index (χ0) is 44.7. The lowest BCUT2D eigenvalue weighted by atomic mass is 9.74. The lowest BCUT2D eigenvalue weighted by Gasteiger charge is -2.45. The fourth-order valence-corrected chi connectivity index (χ4v) is 8.15. The van der Waals surface area contributed by atoms with Crippen molar-refractivity contribution in [1.82, 2.24) is 5.32 Å². The molecule has 1 amide bonds. The van der Waals surface area contributed by atoms with Gasteiger partial charge >= 0.3 is 5.97 Å². The summed E-state index contributed by atoms with van der Waals surface area (Å²) in [6.45, 7) is 3.28. The predicted molar refractivity (Wildman–Crippen MR) is 200 cm³/mol. The van der Waals surface area contributed by atoms with Crippen molar-refractivity contribution >= 4 is 23.4 Å². The van der Waals surface area contributed by atoms with Gasteiger partial charge in [0.1, 0.15) is 71.8 Å². The number of benzene rings is 3. The Kier molecular flexibility index (Phi) is 11.6. The fraction of sp³-hybridized carbons (Fsp3) is 0.450. The van der Waals surface area contributed by atoms with Gasteiger partial charge in [0.15, 0.2) is 30.2 Å². The Labute approximate surface area is 344 Å². The molecule has 2 aliphatic heterocycles. The van der Waals surface area contributed by atoms with Crippen LogP contribution in [0.5, 0.6) is 23.0 Å². The molecule has 7 rings (SSSR count). The smallest absolute Gasteiger partial charge is 0.328 e. The van der Waals surface area contributed by atoms with Gasteiger partial charge in [-0.15, -0.1) is 0 Å². The van der Waals surface area contributed by atoms with Gasteiger partial charge in [0, 0.05) is 28.3 Å². The summed E-state index contributed by atoms with van der Waals surface area (Å²) in [7, 11) is 1.24. The van der Waals surface area contributed by atoms with Crippen LogP contribution in [0.25, 0.3) is 11.1 Å². The third-order valence-electron chi connectivity index (χ3n) is 11.4. The van der Waals surface area contributed by atoms with Gasteiger partial charge in [-0.25, -0.2) is 4.79 Å². The topological polar surface area (TPSA) is 349 Å². The Balaban J connectivity index is 1.37. The first-order valence-electron chi connectivity index (χ1n) is 18.8. The molecule has 21 nitrogen and oxygen atoms in total. The summed E-state index contributed by atoms with van der Waals surface area (Å²) in [5.74, 6) is -7.36. The van der Waals surface area contributed by atoms with Gasteiger partial charge in [-0.05, 0) is 49.6 Å². The normalized spacial score (nSPS) is 30.3. The molecule has 12 N–H and O–H groups in total. The van der Waals surface area contributed by atoms with Gasteiger partial charge < -0.3 is 85.2 Å². The number of ketones is 2. The van der Waals surface area contributed by atoms with Gasteiger partial charge in [-0.2, -0.15) is 0 Å². The number of amides is 1. The van der Waals surface area contributed by atoms with Gasteiger partial charge in [-0.3, -0.25) is 14.4 Å². The van der Waals surface area contributed by atoms with E-state index in [9.17, 15) is 75.3 Å². The van der Waals surface area contributed by atoms with Crippen molar-refractivity contribution in [2.75, 3.05) is 13.7 Å². The van der Waals surface area contributed by atoms with Crippen molar-refractivity contribution in [1.29, 1.82) is 0 Å². The number of rotatable bonds is 9. The van der Waals surface area contributed by atoms with E-state index >= 15 is 0 Å². The Bertz CT molecular complexity index is 2310. The summed E-state index contributed by atoms with van der Waals surface area (Å²) in [4.78, 5) is 53.7. The van der Waals surface area contributed by atoms with E-state index in [1.54, 1.807) is 0 Å². The molecule has 2 heterocycles. The Morgan fingerprint density at radius 1 is 0.803 bits per heavy atom. The van der Waals surface area contributed by atoms with E-state index in [1.165, 1.54) is 27.0 Å². The molecule has 3 aromatic rings. The molecule has 328 valence electrons. The van der Waals surface area contributed by atoms with Gasteiger partial charge in [-0.1, -0.05) is 6.07 Å². The first-order valence-corrected chi connectivity index (χ1v) is 18.8. The molecule has 2 fully saturated rings. The molecule has 4 aliphatic rings. The number of methoxy groups -OCH3 is 1. The third-order valence-corrected chi connectivity index (χ3v) is 11.4. The number of aryl methyl sites for hydroxylation is 1. The summed E-state index contributed by atoms with van der Waals surface area (Å²) in [5, 5.41) is 122. The second kappa shape index (κ2) is 16.2. The molecule has 0 aromatic heterocycles. The number of aliphatic hydroxyl groups excluding tert-OH is 7. The molecule has 0 spiro atoms. The molecular weight excluding hydrogens is 814 g/mol. The molecule has 61 heavy (non-hydrogen) atoms. The van der Waals surface area contributed by atoms with E-state index in [0.717, 1.165) is 25.1 Å². The second-order valence-electron chi connectivity index (χ2n) is 15.3. The zero-order valence-electron chi connectivity index (χ0n) is 32.6. The number of fused-ring (bicyclic) bond motifs is 5. The first kappa shape index (κ1) is 43.8. The maximum absolute atomic E-state index is 14.1. The van der Waals surface area contributed by atoms with E-state index in [1.807, 2.05) is 0 Å². The van der Waals surface area contributed by atoms with Crippen LogP contribution < -0.4 is 10.1 Å². The summed E-state index contributed by atoms with van der Waals surface area (Å²) < 4.78 is 28.1. The number of aliphatic hydroxyl groups is 7. The van der Waals surface area contributed by atoms with Crippen molar-refractivity contribution in [2.45, 2.75) is 100 Å². The predicted octanol–water partition coefficient (Wildman–Crippen LogP) is -1.48. The number of aromatic hydroxyl groups is 3. The number of hydrogen-bond acceptors (Lipinski definition) is 19. The fourth-order valence-electron chi connectivity index (χ4n) is 8.15. The summed E-state index contributed by atoms with van der Waals surface area (Å²) in [6, 6.07) is 2.59. The number of carboxylic acids is 1. The van der Waals surface area contributed by atoms with Crippen LogP contribution in [0.1, 0.15) is 84.9 Å². The lowest BCUT2D eigenvalue weighted by Crippen LogP contribution is -2.62. The number of carbonyl (C=O) groups excluding carboxylic acids is 3. The average Bonchev–Trinajstić information content (AvgIpc) is 3.20. The SMILES string of the molecule is COc1cc(O)c2c(c1)C(=O)c1c(cc3c(c1O)-c1c(cc(C)c(C(=O)N[C@H](C(=O)O)[C@@H](C)O)c1O)[C@H](O[C@@H]1O[C@H](C)[C@H](O)[C@H](O[C@@H]4OC[C@@H](O)[C@H](O)[C@H]4O)[C@H]1O)[C@H]3O)C2=O. The third kappa shape index (κ3) is 7.16. The maximum Gasteiger partial charge on any atom is 0.328 e. The second-order valence-corrected chi connectivity index (χ2v) is 15.3. The minimum atomic E-state index is -1.98. The van der Waals surface area contributed by atoms with E-state index in [4.69, 9.17) is 23.7 Å². The number of aliphatic carboxylic acids is 1. The van der Waals surface area contributed by atoms with Crippen LogP contribution in [-0.4, -0.2) is 161 Å². The van der Waals surface area contributed by atoms with Crippen LogP contribution >= 0.6 is 0 Å². The highest BCUT2D eigenvalue weighted by molar-refractivity contribution is 6.31. The van der Waals surface area contributed by atoms with Crippen molar-refractivity contribution in [2.24, 2.45) is 0 Å². The van der Waals surface area contributed by atoms with Crippen LogP contribution in [0.4, 0.5) is 0 Å². The maximum atomic E-state index is 14.1. The lowest BCUT2D eigenvalue weighted by molar-refractivity contribution is -0.353. The summed E-state index contributed by atoms with van der Waals surface area (Å²) >= 11 is 0. The van der Waals surface area contributed by atoms with Crippen LogP contribution in [0, 0.1) is 6.92 Å². The van der Waals surface area contributed by atoms with Crippen molar-refractivity contribution in [3.05, 3.63) is 68.8 Å². The van der Waals surface area contributed by atoms with Crippen molar-refractivity contribution < 1.29 is 99.0 Å². The molecule has 2 saturated heterocycles. The van der Waals surface area contributed by atoms with Crippen LogP contribution in [-0.2, 0) is 23.7 Å². The highest BCUT2D eigenvalue weighted by Gasteiger charge is 2.51. The number of hydrogen-bond donors (Lipinski definition) is 12. The molecule has 0 unspecified atom stereocenters. The monoisotopic (exact) mass is 857 g/mol. The molecule has 0 bridgehead atoms. The van der Waals surface area contributed by atoms with Gasteiger partial charge in [0.25, 0.3) is 5.91 Å². The highest BCUT2D eigenvalue weighted by Crippen LogP contribution is 2.57. The Morgan fingerprint density at radius 2 is 1.44 bits per heavy atom. The standard InChI is InChI=1S/C40H43NO20/c1-10-5-17-23(31(50)20(10)37(54)41-25(11(2)42)38(55)56)22-15(8-16-24(32(22)51)28(47)14-6-13(57-4)7-18(43)21(14)27(16)46)29(48)35(17)60-40-34(53)36(26(45)12(3)59-40)61-39-33(52)30(49)19(44)9-58-39/h5-8,11-12,19,25-26,29-30,33-36,39-40,42-45,48-53H,9H2,1-4H3,(H,41,54)(H,55,56)/t11-,12-,19-,25+,26+,29+,30+,33-,34-,35+,36+,39+,40+/m1/s1. The number of phenolic OH excluding ortho intramolecular Hbond substituents is 3. The summed E-state index contributed by atoms with van der Waals surface area (Å²) in [5.41, 5.74) is -4.14. The molecule has 2 aliphatic carbocycles. The Morgan fingerprint density at radius 3 is 2.08 bits per heavy atom. The molecule has 0 radical (unpaired) electrons. The molecule has 3 aromatic carbocycles. The van der Waals surface area contributed by atoms with E-state index in [2.05, 4.69) is 5.32 Å². The molecule has 21 heteroatoms. The first-order chi connectivity index (χ1) is 28.7. The van der Waals surface area contributed by atoms with Crippen LogP contribution in [0.3, 0.4) is 0 Å². The number of carbonyl (C=O) groups is 4. The summed E-state index contributed by atoms with van der Waals surface area (Å²) in [6.07, 6.45) is -20.4. The molecular formula is C40H43NO20. The van der Waals surface area contributed by atoms with E-state index in [-0.39, 0.29) is 28.0 Å². The minimum absolute atomic E-state index is 0.0138. The molecule has 13 atom stereocenters. The van der Waals surface area contributed by atoms with Crippen molar-refractivity contribution in [3.8, 4) is 34.1 Å². The number of nitrogens with one attached hydrogen (secondary N) is 1. The quantitative estimate of drug-likeness (QED) is 0.0913. The molecule has 0 saturated carbocycles. The van der Waals surface area contributed by atoms with E-state index < -0.39 is 160 Å². The number of carboxylic acid groups (broad SMARTS) is 1. The Hall–Kier alpha value is -5.30. The van der Waals surface area contributed by atoms with Crippen molar-refractivity contribution in [3.63, 3.8) is 0 Å². The van der Waals surface area contributed by atoms with Crippen LogP contribution in [0.2, 0.25) is 0 Å². The van der Waals surface area contributed by atoms with Crippen LogP contribution in [0.15, 0.2) is 24.3 Å².